The number of halogens is 4. The second-order valence-electron chi connectivity index (χ2n) is 6.17. The first-order valence-electron chi connectivity index (χ1n) is 8.77. The van der Waals surface area contributed by atoms with Crippen molar-refractivity contribution in [3.05, 3.63) is 57.5 Å². The second kappa shape index (κ2) is 9.19. The Morgan fingerprint density at radius 3 is 2.40 bits per heavy atom. The van der Waals surface area contributed by atoms with Crippen LogP contribution in [-0.2, 0) is 27.5 Å². The van der Waals surface area contributed by atoms with Gasteiger partial charge < -0.3 is 9.88 Å². The van der Waals surface area contributed by atoms with Crippen LogP contribution in [0.25, 0.3) is 0 Å². The molecule has 0 aliphatic heterocycles. The first-order valence-corrected chi connectivity index (χ1v) is 10.6. The Morgan fingerprint density at radius 2 is 1.83 bits per heavy atom. The third-order valence-corrected chi connectivity index (χ3v) is 6.46. The summed E-state index contributed by atoms with van der Waals surface area (Å²) in [6.45, 7) is 3.15. The summed E-state index contributed by atoms with van der Waals surface area (Å²) in [5.74, 6) is -0.829. The zero-order valence-corrected chi connectivity index (χ0v) is 17.6. The SMILES string of the molecule is CCN(CC)S(=O)(=O)c1cccc(NC(=O)Cn2cc(C(F)(F)F)cc(Cl)c2=O)c1. The zero-order chi connectivity index (χ0) is 22.7. The van der Waals surface area contributed by atoms with E-state index in [0.717, 1.165) is 0 Å². The Morgan fingerprint density at radius 1 is 1.20 bits per heavy atom. The van der Waals surface area contributed by atoms with Gasteiger partial charge in [0.2, 0.25) is 15.9 Å². The van der Waals surface area contributed by atoms with Gasteiger partial charge in [-0.15, -0.1) is 0 Å². The van der Waals surface area contributed by atoms with Crippen molar-refractivity contribution in [3.8, 4) is 0 Å². The number of nitrogens with one attached hydrogen (secondary N) is 1. The molecule has 1 aromatic heterocycles. The van der Waals surface area contributed by atoms with Crippen molar-refractivity contribution >= 4 is 33.2 Å². The van der Waals surface area contributed by atoms with E-state index in [9.17, 15) is 31.2 Å². The topological polar surface area (TPSA) is 88.5 Å². The van der Waals surface area contributed by atoms with E-state index in [0.29, 0.717) is 16.8 Å². The van der Waals surface area contributed by atoms with E-state index in [1.54, 1.807) is 13.8 Å². The van der Waals surface area contributed by atoms with Crippen LogP contribution in [-0.4, -0.2) is 36.3 Å². The number of pyridine rings is 1. The van der Waals surface area contributed by atoms with E-state index in [4.69, 9.17) is 11.6 Å². The molecule has 0 aliphatic rings. The van der Waals surface area contributed by atoms with Crippen molar-refractivity contribution in [2.24, 2.45) is 0 Å². The molecular formula is C18H19ClF3N3O4S. The molecule has 0 radical (unpaired) electrons. The van der Waals surface area contributed by atoms with Gasteiger partial charge in [-0.2, -0.15) is 17.5 Å². The van der Waals surface area contributed by atoms with Crippen LogP contribution in [0.1, 0.15) is 19.4 Å². The number of hydrogen-bond acceptors (Lipinski definition) is 4. The molecule has 1 aromatic carbocycles. The number of hydrogen-bond donors (Lipinski definition) is 1. The highest BCUT2D eigenvalue weighted by atomic mass is 35.5. The van der Waals surface area contributed by atoms with Crippen LogP contribution in [0, 0.1) is 0 Å². The number of aromatic nitrogens is 1. The molecule has 0 saturated heterocycles. The van der Waals surface area contributed by atoms with Gasteiger partial charge >= 0.3 is 6.18 Å². The van der Waals surface area contributed by atoms with Crippen molar-refractivity contribution in [1.29, 1.82) is 0 Å². The number of alkyl halides is 3. The number of nitrogens with zero attached hydrogens (tertiary/aromatic N) is 2. The van der Waals surface area contributed by atoms with Crippen LogP contribution < -0.4 is 10.9 Å². The molecule has 7 nitrogen and oxygen atoms in total. The molecule has 1 heterocycles. The summed E-state index contributed by atoms with van der Waals surface area (Å²) in [5.41, 5.74) is -2.02. The molecule has 1 N–H and O–H groups in total. The van der Waals surface area contributed by atoms with Crippen molar-refractivity contribution in [2.75, 3.05) is 18.4 Å². The first-order chi connectivity index (χ1) is 13.9. The number of sulfonamides is 1. The van der Waals surface area contributed by atoms with E-state index in [1.807, 2.05) is 0 Å². The molecule has 164 valence electrons. The Balaban J connectivity index is 2.27. The maximum absolute atomic E-state index is 12.9. The summed E-state index contributed by atoms with van der Waals surface area (Å²) >= 11 is 5.56. The maximum atomic E-state index is 12.9. The maximum Gasteiger partial charge on any atom is 0.417 e. The third kappa shape index (κ3) is 5.41. The average molecular weight is 466 g/mol. The molecule has 12 heteroatoms. The lowest BCUT2D eigenvalue weighted by Gasteiger charge is -2.19. The molecule has 0 atom stereocenters. The lowest BCUT2D eigenvalue weighted by atomic mass is 10.2. The minimum atomic E-state index is -4.75. The Labute approximate surface area is 176 Å². The number of benzene rings is 1. The summed E-state index contributed by atoms with van der Waals surface area (Å²) in [6, 6.07) is 5.91. The smallest absolute Gasteiger partial charge is 0.324 e. The number of carbonyl (C=O) groups is 1. The van der Waals surface area contributed by atoms with Crippen LogP contribution in [0.15, 0.2) is 46.2 Å². The highest BCUT2D eigenvalue weighted by Crippen LogP contribution is 2.29. The van der Waals surface area contributed by atoms with Crippen molar-refractivity contribution in [2.45, 2.75) is 31.5 Å². The van der Waals surface area contributed by atoms with Crippen LogP contribution in [0.5, 0.6) is 0 Å². The van der Waals surface area contributed by atoms with Crippen molar-refractivity contribution in [3.63, 3.8) is 0 Å². The number of rotatable bonds is 7. The minimum Gasteiger partial charge on any atom is -0.324 e. The van der Waals surface area contributed by atoms with Gasteiger partial charge in [-0.3, -0.25) is 9.59 Å². The van der Waals surface area contributed by atoms with Gasteiger partial charge in [0, 0.05) is 25.0 Å². The third-order valence-electron chi connectivity index (χ3n) is 4.14. The van der Waals surface area contributed by atoms with Crippen LogP contribution in [0.4, 0.5) is 18.9 Å². The highest BCUT2D eigenvalue weighted by Gasteiger charge is 2.32. The molecule has 2 aromatic rings. The molecular weight excluding hydrogens is 447 g/mol. The van der Waals surface area contributed by atoms with Crippen molar-refractivity contribution < 1.29 is 26.4 Å². The normalized spacial score (nSPS) is 12.2. The molecule has 0 fully saturated rings. The quantitative estimate of drug-likeness (QED) is 0.680. The van der Waals surface area contributed by atoms with Crippen LogP contribution in [0.3, 0.4) is 0 Å². The molecule has 0 saturated carbocycles. The second-order valence-corrected chi connectivity index (χ2v) is 8.52. The number of carbonyl (C=O) groups excluding carboxylic acids is 1. The number of amides is 1. The van der Waals surface area contributed by atoms with Gasteiger partial charge in [0.25, 0.3) is 5.56 Å². The van der Waals surface area contributed by atoms with Gasteiger partial charge in [-0.05, 0) is 24.3 Å². The summed E-state index contributed by atoms with van der Waals surface area (Å²) in [5, 5.41) is 1.70. The Kier molecular flexibility index (Phi) is 7.32. The number of anilines is 1. The summed E-state index contributed by atoms with van der Waals surface area (Å²) in [6.07, 6.45) is -4.25. The fourth-order valence-electron chi connectivity index (χ4n) is 2.67. The van der Waals surface area contributed by atoms with E-state index >= 15 is 0 Å². The Hall–Kier alpha value is -2.37. The van der Waals surface area contributed by atoms with Crippen molar-refractivity contribution in [1.82, 2.24) is 8.87 Å². The van der Waals surface area contributed by atoms with E-state index in [2.05, 4.69) is 5.32 Å². The highest BCUT2D eigenvalue weighted by molar-refractivity contribution is 7.89. The molecule has 0 unspecified atom stereocenters. The predicted molar refractivity (Wildman–Crippen MR) is 106 cm³/mol. The van der Waals surface area contributed by atoms with Gasteiger partial charge in [0.15, 0.2) is 0 Å². The monoisotopic (exact) mass is 465 g/mol. The molecule has 0 spiro atoms. The van der Waals surface area contributed by atoms with Gasteiger partial charge in [0.05, 0.1) is 10.5 Å². The predicted octanol–water partition coefficient (Wildman–Crippen LogP) is 3.19. The standard InChI is InChI=1S/C18H19ClF3N3O4S/c1-3-25(4-2)30(28,29)14-7-5-6-13(9-14)23-16(26)11-24-10-12(18(20,21)22)8-15(19)17(24)27/h5-10H,3-4,11H2,1-2H3,(H,23,26). The molecule has 2 rings (SSSR count). The largest absolute Gasteiger partial charge is 0.417 e. The molecule has 30 heavy (non-hydrogen) atoms. The lowest BCUT2D eigenvalue weighted by molar-refractivity contribution is -0.138. The Bertz CT molecular complexity index is 1100. The van der Waals surface area contributed by atoms with Gasteiger partial charge in [-0.25, -0.2) is 8.42 Å². The minimum absolute atomic E-state index is 0.0525. The summed E-state index contributed by atoms with van der Waals surface area (Å²) < 4.78 is 65.7. The average Bonchev–Trinajstić information content (AvgIpc) is 2.65. The lowest BCUT2D eigenvalue weighted by Crippen LogP contribution is -2.31. The van der Waals surface area contributed by atoms with E-state index < -0.39 is 44.8 Å². The van der Waals surface area contributed by atoms with E-state index in [-0.39, 0.29) is 23.7 Å². The van der Waals surface area contributed by atoms with Crippen LogP contribution >= 0.6 is 11.6 Å². The molecule has 1 amide bonds. The fourth-order valence-corrected chi connectivity index (χ4v) is 4.40. The fraction of sp³-hybridized carbons (Fsp3) is 0.333. The summed E-state index contributed by atoms with van der Waals surface area (Å²) in [4.78, 5) is 24.2. The zero-order valence-electron chi connectivity index (χ0n) is 16.0. The summed E-state index contributed by atoms with van der Waals surface area (Å²) in [7, 11) is -3.77. The van der Waals surface area contributed by atoms with Gasteiger partial charge in [0.1, 0.15) is 11.6 Å². The van der Waals surface area contributed by atoms with E-state index in [1.165, 1.54) is 28.6 Å². The van der Waals surface area contributed by atoms with Gasteiger partial charge in [-0.1, -0.05) is 31.5 Å². The molecule has 0 bridgehead atoms. The first kappa shape index (κ1) is 23.9. The molecule has 0 aliphatic carbocycles. The van der Waals surface area contributed by atoms with Crippen LogP contribution in [0.2, 0.25) is 5.02 Å².